The van der Waals surface area contributed by atoms with Crippen LogP contribution in [0.3, 0.4) is 0 Å². The maximum atomic E-state index is 13.2. The van der Waals surface area contributed by atoms with E-state index in [1.165, 1.54) is 22.2 Å². The van der Waals surface area contributed by atoms with Gasteiger partial charge in [0.1, 0.15) is 10.9 Å². The molecule has 0 N–H and O–H groups in total. The fourth-order valence-electron chi connectivity index (χ4n) is 2.94. The van der Waals surface area contributed by atoms with Gasteiger partial charge in [-0.05, 0) is 24.8 Å². The lowest BCUT2D eigenvalue weighted by molar-refractivity contribution is -0.149. The topological polar surface area (TPSA) is 61.2 Å². The molecule has 1 aromatic carbocycles. The molecule has 142 valence electrons. The quantitative estimate of drug-likeness (QED) is 0.584. The van der Waals surface area contributed by atoms with Gasteiger partial charge < -0.3 is 4.74 Å². The second-order valence-electron chi connectivity index (χ2n) is 7.10. The lowest BCUT2D eigenvalue weighted by Gasteiger charge is -2.17. The van der Waals surface area contributed by atoms with Crippen molar-refractivity contribution in [1.82, 2.24) is 9.55 Å². The van der Waals surface area contributed by atoms with Crippen LogP contribution in [0.2, 0.25) is 0 Å². The number of aryl methyl sites for hydroxylation is 1. The lowest BCUT2D eigenvalue weighted by atomic mass is 10.0. The molecule has 2 heterocycles. The van der Waals surface area contributed by atoms with E-state index >= 15 is 0 Å². The van der Waals surface area contributed by atoms with Gasteiger partial charge in [-0.1, -0.05) is 50.6 Å². The molecule has 2 aromatic heterocycles. The molecule has 0 aliphatic rings. The van der Waals surface area contributed by atoms with E-state index in [9.17, 15) is 9.59 Å². The summed E-state index contributed by atoms with van der Waals surface area (Å²) in [4.78, 5) is 30.8. The van der Waals surface area contributed by atoms with E-state index in [2.05, 4.69) is 4.98 Å². The molecule has 3 rings (SSSR count). The Morgan fingerprint density at radius 1 is 1.26 bits per heavy atom. The van der Waals surface area contributed by atoms with Crippen LogP contribution in [0.15, 0.2) is 40.8 Å². The molecule has 0 fully saturated rings. The van der Waals surface area contributed by atoms with Crippen LogP contribution in [0.5, 0.6) is 0 Å². The molecule has 0 aliphatic carbocycles. The SMILES string of the molecule is CC[C@@H](C(=O)OCC(C)C)n1cnc2scc(-c3ccc(C)cc3)c2c1=O. The Kier molecular flexibility index (Phi) is 5.75. The van der Waals surface area contributed by atoms with Crippen molar-refractivity contribution in [2.45, 2.75) is 40.2 Å². The molecule has 0 saturated carbocycles. The van der Waals surface area contributed by atoms with Crippen molar-refractivity contribution >= 4 is 27.5 Å². The molecule has 0 radical (unpaired) electrons. The maximum Gasteiger partial charge on any atom is 0.329 e. The van der Waals surface area contributed by atoms with E-state index in [4.69, 9.17) is 4.74 Å². The molecule has 0 aliphatic heterocycles. The number of carbonyl (C=O) groups excluding carboxylic acids is 1. The molecule has 0 spiro atoms. The van der Waals surface area contributed by atoms with Crippen molar-refractivity contribution in [3.63, 3.8) is 0 Å². The summed E-state index contributed by atoms with van der Waals surface area (Å²) in [5, 5.41) is 2.51. The number of fused-ring (bicyclic) bond motifs is 1. The molecule has 0 unspecified atom stereocenters. The minimum atomic E-state index is -0.668. The first-order valence-electron chi connectivity index (χ1n) is 9.14. The molecule has 6 heteroatoms. The lowest BCUT2D eigenvalue weighted by Crippen LogP contribution is -2.31. The standard InChI is InChI=1S/C21H24N2O3S/c1-5-17(21(25)26-10-13(2)3)23-12-22-19-18(20(23)24)16(11-27-19)15-8-6-14(4)7-9-15/h6-9,11-13,17H,5,10H2,1-4H3/t17-/m0/s1. The highest BCUT2D eigenvalue weighted by molar-refractivity contribution is 7.17. The highest BCUT2D eigenvalue weighted by Crippen LogP contribution is 2.31. The van der Waals surface area contributed by atoms with Crippen molar-refractivity contribution in [2.75, 3.05) is 6.61 Å². The first kappa shape index (κ1) is 19.3. The Morgan fingerprint density at radius 2 is 1.96 bits per heavy atom. The third-order valence-corrected chi connectivity index (χ3v) is 5.32. The first-order chi connectivity index (χ1) is 12.9. The molecule has 0 bridgehead atoms. The molecule has 1 atom stereocenters. The maximum absolute atomic E-state index is 13.2. The van der Waals surface area contributed by atoms with Crippen LogP contribution < -0.4 is 5.56 Å². The van der Waals surface area contributed by atoms with Gasteiger partial charge in [0.05, 0.1) is 18.3 Å². The molecule has 27 heavy (non-hydrogen) atoms. The molecule has 5 nitrogen and oxygen atoms in total. The van der Waals surface area contributed by atoms with Gasteiger partial charge in [-0.15, -0.1) is 11.3 Å². The minimum Gasteiger partial charge on any atom is -0.464 e. The van der Waals surface area contributed by atoms with E-state index in [0.29, 0.717) is 23.2 Å². The predicted molar refractivity (Wildman–Crippen MR) is 109 cm³/mol. The van der Waals surface area contributed by atoms with Crippen LogP contribution in [-0.4, -0.2) is 22.1 Å². The second kappa shape index (κ2) is 8.05. The van der Waals surface area contributed by atoms with E-state index in [1.54, 1.807) is 0 Å². The predicted octanol–water partition coefficient (Wildman–Crippen LogP) is 4.58. The van der Waals surface area contributed by atoms with Gasteiger partial charge in [0.25, 0.3) is 5.56 Å². The van der Waals surface area contributed by atoms with Crippen molar-refractivity contribution in [1.29, 1.82) is 0 Å². The minimum absolute atomic E-state index is 0.204. The van der Waals surface area contributed by atoms with Crippen LogP contribution in [0.1, 0.15) is 38.8 Å². The van der Waals surface area contributed by atoms with Gasteiger partial charge in [-0.2, -0.15) is 0 Å². The third kappa shape index (κ3) is 3.95. The number of benzene rings is 1. The fraction of sp³-hybridized carbons (Fsp3) is 0.381. The second-order valence-corrected chi connectivity index (χ2v) is 7.96. The largest absolute Gasteiger partial charge is 0.464 e. The molecular weight excluding hydrogens is 360 g/mol. The molecular formula is C21H24N2O3S. The van der Waals surface area contributed by atoms with Gasteiger partial charge >= 0.3 is 5.97 Å². The van der Waals surface area contributed by atoms with Crippen LogP contribution >= 0.6 is 11.3 Å². The van der Waals surface area contributed by atoms with Crippen molar-refractivity contribution in [3.05, 3.63) is 51.9 Å². The summed E-state index contributed by atoms with van der Waals surface area (Å²) in [6, 6.07) is 7.38. The van der Waals surface area contributed by atoms with E-state index in [0.717, 1.165) is 16.7 Å². The van der Waals surface area contributed by atoms with Crippen LogP contribution in [0, 0.1) is 12.8 Å². The monoisotopic (exact) mass is 384 g/mol. The number of hydrogen-bond acceptors (Lipinski definition) is 5. The number of rotatable bonds is 6. The van der Waals surface area contributed by atoms with Gasteiger partial charge in [0.15, 0.2) is 0 Å². The zero-order valence-corrected chi connectivity index (χ0v) is 16.9. The van der Waals surface area contributed by atoms with E-state index < -0.39 is 6.04 Å². The summed E-state index contributed by atoms with van der Waals surface area (Å²) in [5.41, 5.74) is 2.78. The van der Waals surface area contributed by atoms with Crippen LogP contribution in [0.25, 0.3) is 21.3 Å². The molecule has 3 aromatic rings. The number of aromatic nitrogens is 2. The number of nitrogens with zero attached hydrogens (tertiary/aromatic N) is 2. The Morgan fingerprint density at radius 3 is 2.59 bits per heavy atom. The first-order valence-corrected chi connectivity index (χ1v) is 10.0. The summed E-state index contributed by atoms with van der Waals surface area (Å²) >= 11 is 1.44. The summed E-state index contributed by atoms with van der Waals surface area (Å²) in [7, 11) is 0. The number of carbonyl (C=O) groups is 1. The van der Waals surface area contributed by atoms with Crippen molar-refractivity contribution < 1.29 is 9.53 Å². The molecule has 0 amide bonds. The summed E-state index contributed by atoms with van der Waals surface area (Å²) in [5.74, 6) is -0.143. The van der Waals surface area contributed by atoms with Gasteiger partial charge in [-0.3, -0.25) is 9.36 Å². The van der Waals surface area contributed by atoms with Gasteiger partial charge in [0.2, 0.25) is 0 Å². The van der Waals surface area contributed by atoms with Crippen LogP contribution in [-0.2, 0) is 9.53 Å². The third-order valence-electron chi connectivity index (χ3n) is 4.44. The van der Waals surface area contributed by atoms with Gasteiger partial charge in [0, 0.05) is 10.9 Å². The Hall–Kier alpha value is -2.47. The molecule has 0 saturated heterocycles. The number of esters is 1. The zero-order chi connectivity index (χ0) is 19.6. The average Bonchev–Trinajstić information content (AvgIpc) is 3.08. The fourth-order valence-corrected chi connectivity index (χ4v) is 3.84. The number of ether oxygens (including phenoxy) is 1. The zero-order valence-electron chi connectivity index (χ0n) is 16.1. The van der Waals surface area contributed by atoms with Gasteiger partial charge in [-0.25, -0.2) is 9.78 Å². The van der Waals surface area contributed by atoms with Crippen LogP contribution in [0.4, 0.5) is 0 Å². The summed E-state index contributed by atoms with van der Waals surface area (Å²) in [6.07, 6.45) is 1.93. The van der Waals surface area contributed by atoms with Crippen molar-refractivity contribution in [3.8, 4) is 11.1 Å². The number of thiophene rings is 1. The average molecular weight is 385 g/mol. The van der Waals surface area contributed by atoms with Crippen molar-refractivity contribution in [2.24, 2.45) is 5.92 Å². The Bertz CT molecular complexity index is 1000. The Labute approximate surface area is 162 Å². The smallest absolute Gasteiger partial charge is 0.329 e. The summed E-state index contributed by atoms with van der Waals surface area (Å²) in [6.45, 7) is 8.19. The number of hydrogen-bond donors (Lipinski definition) is 0. The Balaban J connectivity index is 2.06. The normalized spacial score (nSPS) is 12.5. The highest BCUT2D eigenvalue weighted by atomic mass is 32.1. The summed E-state index contributed by atoms with van der Waals surface area (Å²) < 4.78 is 6.78. The van der Waals surface area contributed by atoms with E-state index in [1.807, 2.05) is 57.3 Å². The van der Waals surface area contributed by atoms with E-state index in [-0.39, 0.29) is 17.4 Å². The highest BCUT2D eigenvalue weighted by Gasteiger charge is 2.24.